The van der Waals surface area contributed by atoms with Crippen molar-refractivity contribution in [1.29, 1.82) is 0 Å². The van der Waals surface area contributed by atoms with Crippen LogP contribution in [0.2, 0.25) is 0 Å². The van der Waals surface area contributed by atoms with Crippen molar-refractivity contribution in [1.82, 2.24) is 25.2 Å². The van der Waals surface area contributed by atoms with Crippen LogP contribution in [0.3, 0.4) is 0 Å². The maximum atomic E-state index is 13.2. The van der Waals surface area contributed by atoms with Crippen molar-refractivity contribution < 1.29 is 14.6 Å². The molecule has 1 aliphatic heterocycles. The zero-order valence-corrected chi connectivity index (χ0v) is 17.8. The number of benzene rings is 2. The summed E-state index contributed by atoms with van der Waals surface area (Å²) in [6.07, 6.45) is -0.906. The number of aromatic nitrogens is 3. The standard InChI is InChI=1S/C22H27N5O4/c1-14(28)21-25-27(18-6-4-16(5-7-18)17-11-23-24-12-17)22(29)26(21)13-15-8-19(30-2)10-20(9-15)31-3/h4-10,14,17,23-24,28H,11-13H2,1-3H3. The highest BCUT2D eigenvalue weighted by Crippen LogP contribution is 2.24. The number of aliphatic hydroxyl groups is 1. The van der Waals surface area contributed by atoms with Gasteiger partial charge in [0.05, 0.1) is 26.5 Å². The van der Waals surface area contributed by atoms with Gasteiger partial charge in [-0.1, -0.05) is 12.1 Å². The fraction of sp³-hybridized carbons (Fsp3) is 0.364. The van der Waals surface area contributed by atoms with E-state index in [0.717, 1.165) is 18.7 Å². The van der Waals surface area contributed by atoms with Crippen LogP contribution in [0.1, 0.15) is 35.9 Å². The van der Waals surface area contributed by atoms with Gasteiger partial charge < -0.3 is 14.6 Å². The topological polar surface area (TPSA) is 103 Å². The number of hydrogen-bond donors (Lipinski definition) is 3. The highest BCUT2D eigenvalue weighted by atomic mass is 16.5. The van der Waals surface area contributed by atoms with E-state index in [9.17, 15) is 9.90 Å². The summed E-state index contributed by atoms with van der Waals surface area (Å²) in [6, 6.07) is 13.2. The van der Waals surface area contributed by atoms with Gasteiger partial charge in [0, 0.05) is 25.1 Å². The molecule has 1 aliphatic rings. The third-order valence-electron chi connectivity index (χ3n) is 5.45. The van der Waals surface area contributed by atoms with Crippen LogP contribution in [0.15, 0.2) is 47.3 Å². The Labute approximate surface area is 180 Å². The molecule has 2 aromatic carbocycles. The van der Waals surface area contributed by atoms with Gasteiger partial charge in [0.25, 0.3) is 0 Å². The summed E-state index contributed by atoms with van der Waals surface area (Å²) >= 11 is 0. The van der Waals surface area contributed by atoms with Crippen molar-refractivity contribution in [2.24, 2.45) is 0 Å². The van der Waals surface area contributed by atoms with Gasteiger partial charge in [-0.15, -0.1) is 5.10 Å². The molecule has 0 spiro atoms. The summed E-state index contributed by atoms with van der Waals surface area (Å²) in [4.78, 5) is 13.2. The highest BCUT2D eigenvalue weighted by Gasteiger charge is 2.20. The second kappa shape index (κ2) is 8.93. The molecule has 2 heterocycles. The van der Waals surface area contributed by atoms with Gasteiger partial charge in [-0.05, 0) is 42.3 Å². The van der Waals surface area contributed by atoms with Gasteiger partial charge in [0.2, 0.25) is 0 Å². The summed E-state index contributed by atoms with van der Waals surface area (Å²) in [7, 11) is 3.15. The van der Waals surface area contributed by atoms with E-state index in [2.05, 4.69) is 16.0 Å². The first-order valence-corrected chi connectivity index (χ1v) is 10.2. The van der Waals surface area contributed by atoms with E-state index in [1.54, 1.807) is 27.2 Å². The van der Waals surface area contributed by atoms with E-state index < -0.39 is 6.10 Å². The SMILES string of the molecule is COc1cc(Cn2c(C(C)O)nn(-c3ccc(C4CNNC4)cc3)c2=O)cc(OC)c1. The number of rotatable bonds is 7. The predicted octanol–water partition coefficient (Wildman–Crippen LogP) is 1.34. The van der Waals surface area contributed by atoms with Crippen molar-refractivity contribution >= 4 is 0 Å². The van der Waals surface area contributed by atoms with Gasteiger partial charge in [-0.25, -0.2) is 4.79 Å². The van der Waals surface area contributed by atoms with Gasteiger partial charge in [-0.3, -0.25) is 15.4 Å². The Bertz CT molecular complexity index is 1080. The number of aliphatic hydroxyl groups excluding tert-OH is 1. The molecule has 0 saturated carbocycles. The molecule has 164 valence electrons. The fourth-order valence-electron chi connectivity index (χ4n) is 3.76. The Morgan fingerprint density at radius 1 is 1.10 bits per heavy atom. The van der Waals surface area contributed by atoms with Crippen molar-refractivity contribution in [3.63, 3.8) is 0 Å². The quantitative estimate of drug-likeness (QED) is 0.525. The Hall–Kier alpha value is -3.14. The first-order chi connectivity index (χ1) is 15.0. The number of methoxy groups -OCH3 is 2. The Balaban J connectivity index is 1.69. The molecule has 0 aliphatic carbocycles. The number of nitrogens with zero attached hydrogens (tertiary/aromatic N) is 3. The number of hydrogen-bond acceptors (Lipinski definition) is 7. The van der Waals surface area contributed by atoms with Crippen molar-refractivity contribution in [3.8, 4) is 17.2 Å². The maximum absolute atomic E-state index is 13.2. The molecule has 9 nitrogen and oxygen atoms in total. The summed E-state index contributed by atoms with van der Waals surface area (Å²) < 4.78 is 13.4. The summed E-state index contributed by atoms with van der Waals surface area (Å²) in [5.74, 6) is 1.93. The third kappa shape index (κ3) is 4.34. The van der Waals surface area contributed by atoms with Crippen molar-refractivity contribution in [2.45, 2.75) is 25.5 Å². The molecule has 1 unspecified atom stereocenters. The van der Waals surface area contributed by atoms with E-state index >= 15 is 0 Å². The smallest absolute Gasteiger partial charge is 0.351 e. The molecule has 1 fully saturated rings. The molecule has 3 aromatic rings. The molecule has 1 aromatic heterocycles. The molecular weight excluding hydrogens is 398 g/mol. The minimum absolute atomic E-state index is 0.226. The highest BCUT2D eigenvalue weighted by molar-refractivity contribution is 5.39. The summed E-state index contributed by atoms with van der Waals surface area (Å²) in [6.45, 7) is 3.55. The average molecular weight is 425 g/mol. The van der Waals surface area contributed by atoms with E-state index in [-0.39, 0.29) is 12.2 Å². The molecule has 0 radical (unpaired) electrons. The molecule has 0 amide bonds. The molecule has 1 saturated heterocycles. The zero-order valence-electron chi connectivity index (χ0n) is 17.8. The Morgan fingerprint density at radius 2 is 1.71 bits per heavy atom. The Kier molecular flexibility index (Phi) is 6.08. The van der Waals surface area contributed by atoms with E-state index in [1.165, 1.54) is 14.8 Å². The lowest BCUT2D eigenvalue weighted by Crippen LogP contribution is -2.25. The Morgan fingerprint density at radius 3 is 2.26 bits per heavy atom. The second-order valence-electron chi connectivity index (χ2n) is 7.59. The van der Waals surface area contributed by atoms with Crippen LogP contribution in [0.5, 0.6) is 11.5 Å². The van der Waals surface area contributed by atoms with Crippen LogP contribution in [-0.4, -0.2) is 46.8 Å². The van der Waals surface area contributed by atoms with Crippen LogP contribution in [-0.2, 0) is 6.54 Å². The molecule has 0 bridgehead atoms. The molecule has 9 heteroatoms. The lowest BCUT2D eigenvalue weighted by molar-refractivity contribution is 0.183. The molecule has 4 rings (SSSR count). The normalized spacial score (nSPS) is 15.2. The van der Waals surface area contributed by atoms with Crippen molar-refractivity contribution in [2.75, 3.05) is 27.3 Å². The largest absolute Gasteiger partial charge is 0.497 e. The summed E-state index contributed by atoms with van der Waals surface area (Å²) in [5, 5.41) is 14.7. The van der Waals surface area contributed by atoms with E-state index in [4.69, 9.17) is 9.47 Å². The van der Waals surface area contributed by atoms with Gasteiger partial charge in [0.15, 0.2) is 5.82 Å². The van der Waals surface area contributed by atoms with Gasteiger partial charge in [-0.2, -0.15) is 4.68 Å². The average Bonchev–Trinajstić information content (AvgIpc) is 3.43. The monoisotopic (exact) mass is 425 g/mol. The second-order valence-corrected chi connectivity index (χ2v) is 7.59. The summed E-state index contributed by atoms with van der Waals surface area (Å²) in [5.41, 5.74) is 8.56. The molecule has 1 atom stereocenters. The van der Waals surface area contributed by atoms with E-state index in [0.29, 0.717) is 28.9 Å². The van der Waals surface area contributed by atoms with Crippen molar-refractivity contribution in [3.05, 3.63) is 69.9 Å². The lowest BCUT2D eigenvalue weighted by Gasteiger charge is -2.10. The van der Waals surface area contributed by atoms with E-state index in [1.807, 2.05) is 36.4 Å². The fourth-order valence-corrected chi connectivity index (χ4v) is 3.76. The maximum Gasteiger partial charge on any atom is 0.351 e. The first-order valence-electron chi connectivity index (χ1n) is 10.2. The first kappa shape index (κ1) is 21.1. The lowest BCUT2D eigenvalue weighted by atomic mass is 10.0. The molecule has 3 N–H and O–H groups in total. The van der Waals surface area contributed by atoms with Gasteiger partial charge >= 0.3 is 5.69 Å². The molecule has 31 heavy (non-hydrogen) atoms. The zero-order chi connectivity index (χ0) is 22.0. The van der Waals surface area contributed by atoms with Crippen LogP contribution >= 0.6 is 0 Å². The number of hydrazine groups is 1. The predicted molar refractivity (Wildman–Crippen MR) is 116 cm³/mol. The van der Waals surface area contributed by atoms with Gasteiger partial charge in [0.1, 0.15) is 17.6 Å². The van der Waals surface area contributed by atoms with Crippen LogP contribution in [0.25, 0.3) is 5.69 Å². The minimum atomic E-state index is -0.906. The number of ether oxygens (including phenoxy) is 2. The molecular formula is C22H27N5O4. The number of nitrogens with one attached hydrogen (secondary N) is 2. The minimum Gasteiger partial charge on any atom is -0.497 e. The van der Waals surface area contributed by atoms with Crippen LogP contribution in [0, 0.1) is 0 Å². The van der Waals surface area contributed by atoms with Crippen LogP contribution < -0.4 is 26.0 Å². The van der Waals surface area contributed by atoms with Crippen LogP contribution in [0.4, 0.5) is 0 Å². The third-order valence-corrected chi connectivity index (χ3v) is 5.45.